The number of hydrogen-bond acceptors (Lipinski definition) is 7. The molecule has 0 saturated heterocycles. The van der Waals surface area contributed by atoms with Crippen LogP contribution in [0.1, 0.15) is 33.3 Å². The molecule has 0 fully saturated rings. The van der Waals surface area contributed by atoms with Crippen LogP contribution in [0.25, 0.3) is 11.1 Å². The second-order valence-corrected chi connectivity index (χ2v) is 8.01. The molecule has 0 spiro atoms. The molecule has 29 heavy (non-hydrogen) atoms. The quantitative estimate of drug-likeness (QED) is 0.313. The van der Waals surface area contributed by atoms with Crippen LogP contribution in [-0.2, 0) is 4.74 Å². The first-order chi connectivity index (χ1) is 13.9. The second kappa shape index (κ2) is 9.39. The highest BCUT2D eigenvalue weighted by molar-refractivity contribution is 7.98. The lowest BCUT2D eigenvalue weighted by Gasteiger charge is -2.09. The lowest BCUT2D eigenvalue weighted by atomic mass is 10.0. The zero-order chi connectivity index (χ0) is 21.0. The normalized spacial score (nSPS) is 10.6. The number of aromatic nitrogens is 2. The number of anilines is 1. The lowest BCUT2D eigenvalue weighted by Crippen LogP contribution is -2.17. The van der Waals surface area contributed by atoms with Crippen molar-refractivity contribution in [1.82, 2.24) is 9.97 Å². The summed E-state index contributed by atoms with van der Waals surface area (Å²) in [6.07, 6.45) is 3.19. The largest absolute Gasteiger partial charge is 0.462 e. The van der Waals surface area contributed by atoms with Gasteiger partial charge in [0.2, 0.25) is 0 Å². The molecule has 6 nitrogen and oxygen atoms in total. The van der Waals surface area contributed by atoms with Crippen LogP contribution in [0.2, 0.25) is 5.02 Å². The average Bonchev–Trinajstić information content (AvgIpc) is 3.12. The van der Waals surface area contributed by atoms with Gasteiger partial charge in [-0.1, -0.05) is 53.2 Å². The number of esters is 1. The van der Waals surface area contributed by atoms with Crippen molar-refractivity contribution in [3.8, 4) is 11.1 Å². The van der Waals surface area contributed by atoms with Crippen LogP contribution in [0, 0.1) is 6.92 Å². The molecule has 0 atom stereocenters. The van der Waals surface area contributed by atoms with E-state index in [1.54, 1.807) is 13.2 Å². The predicted octanol–water partition coefficient (Wildman–Crippen LogP) is 5.32. The van der Waals surface area contributed by atoms with Gasteiger partial charge >= 0.3 is 5.97 Å². The average molecular weight is 448 g/mol. The van der Waals surface area contributed by atoms with Gasteiger partial charge in [0.05, 0.1) is 17.8 Å². The number of hydrogen-bond donors (Lipinski definition) is 1. The van der Waals surface area contributed by atoms with Crippen LogP contribution in [-0.4, -0.2) is 34.7 Å². The molecule has 1 N–H and O–H groups in total. The monoisotopic (exact) mass is 447 g/mol. The summed E-state index contributed by atoms with van der Waals surface area (Å²) in [5.74, 6) is -1.02. The molecule has 0 saturated carbocycles. The van der Waals surface area contributed by atoms with Gasteiger partial charge in [-0.3, -0.25) is 4.79 Å². The van der Waals surface area contributed by atoms with E-state index in [4.69, 9.17) is 16.3 Å². The molecule has 0 aliphatic carbocycles. The maximum absolute atomic E-state index is 12.8. The molecular formula is C20H18ClN3O3S2. The summed E-state index contributed by atoms with van der Waals surface area (Å²) in [5.41, 5.74) is 3.02. The molecule has 3 aromatic rings. The molecule has 2 heterocycles. The van der Waals surface area contributed by atoms with Gasteiger partial charge < -0.3 is 10.1 Å². The first kappa shape index (κ1) is 21.3. The number of rotatable bonds is 6. The van der Waals surface area contributed by atoms with Crippen LogP contribution in [0.15, 0.2) is 41.0 Å². The van der Waals surface area contributed by atoms with Crippen LogP contribution in [0.5, 0.6) is 0 Å². The maximum atomic E-state index is 12.8. The molecule has 150 valence electrons. The zero-order valence-electron chi connectivity index (χ0n) is 16.0. The highest BCUT2D eigenvalue weighted by atomic mass is 35.5. The Morgan fingerprint density at radius 1 is 1.28 bits per heavy atom. The van der Waals surface area contributed by atoms with Crippen LogP contribution >= 0.6 is 34.7 Å². The molecule has 0 unspecified atom stereocenters. The number of ether oxygens (including phenoxy) is 1. The first-order valence-corrected chi connectivity index (χ1v) is 11.2. The number of carbonyl (C=O) groups is 2. The van der Waals surface area contributed by atoms with Crippen molar-refractivity contribution in [2.75, 3.05) is 18.2 Å². The molecular weight excluding hydrogens is 430 g/mol. The molecule has 0 bridgehead atoms. The van der Waals surface area contributed by atoms with E-state index in [-0.39, 0.29) is 17.3 Å². The third-order valence-corrected chi connectivity index (χ3v) is 5.71. The van der Waals surface area contributed by atoms with E-state index in [1.165, 1.54) is 29.3 Å². The number of nitrogens with one attached hydrogen (secondary N) is 1. The van der Waals surface area contributed by atoms with Gasteiger partial charge in [-0.25, -0.2) is 14.8 Å². The topological polar surface area (TPSA) is 81.2 Å². The summed E-state index contributed by atoms with van der Waals surface area (Å²) < 4.78 is 5.22. The number of thiophene rings is 1. The van der Waals surface area contributed by atoms with Crippen molar-refractivity contribution in [2.24, 2.45) is 0 Å². The number of carbonyl (C=O) groups excluding carboxylic acids is 2. The Morgan fingerprint density at radius 2 is 2.00 bits per heavy atom. The highest BCUT2D eigenvalue weighted by Gasteiger charge is 2.24. The highest BCUT2D eigenvalue weighted by Crippen LogP contribution is 2.36. The Morgan fingerprint density at radius 3 is 2.66 bits per heavy atom. The minimum atomic E-state index is -0.518. The fraction of sp³-hybridized carbons (Fsp3) is 0.200. The van der Waals surface area contributed by atoms with E-state index in [9.17, 15) is 9.59 Å². The van der Waals surface area contributed by atoms with E-state index in [0.717, 1.165) is 11.1 Å². The van der Waals surface area contributed by atoms with Gasteiger partial charge in [0.25, 0.3) is 5.91 Å². The summed E-state index contributed by atoms with van der Waals surface area (Å²) >= 11 is 8.64. The van der Waals surface area contributed by atoms with Crippen LogP contribution in [0.3, 0.4) is 0 Å². The summed E-state index contributed by atoms with van der Waals surface area (Å²) in [5, 5.41) is 5.51. The Hall–Kier alpha value is -2.42. The molecule has 1 aromatic carbocycles. The van der Waals surface area contributed by atoms with Crippen molar-refractivity contribution in [3.63, 3.8) is 0 Å². The Kier molecular flexibility index (Phi) is 6.89. The van der Waals surface area contributed by atoms with E-state index in [1.807, 2.05) is 36.6 Å². The minimum Gasteiger partial charge on any atom is -0.462 e. The fourth-order valence-electron chi connectivity index (χ4n) is 2.57. The van der Waals surface area contributed by atoms with E-state index < -0.39 is 11.9 Å². The van der Waals surface area contributed by atoms with E-state index in [2.05, 4.69) is 15.3 Å². The third kappa shape index (κ3) is 4.77. The number of thioether (sulfide) groups is 1. The van der Waals surface area contributed by atoms with Crippen molar-refractivity contribution < 1.29 is 14.3 Å². The maximum Gasteiger partial charge on any atom is 0.341 e. The van der Waals surface area contributed by atoms with E-state index >= 15 is 0 Å². The summed E-state index contributed by atoms with van der Waals surface area (Å²) in [6, 6.07) is 7.78. The van der Waals surface area contributed by atoms with Gasteiger partial charge in [-0.05, 0) is 25.7 Å². The number of amides is 1. The molecule has 3 rings (SSSR count). The summed E-state index contributed by atoms with van der Waals surface area (Å²) in [6.45, 7) is 3.95. The molecule has 1 amide bonds. The third-order valence-electron chi connectivity index (χ3n) is 3.98. The van der Waals surface area contributed by atoms with Crippen molar-refractivity contribution in [2.45, 2.75) is 19.0 Å². The van der Waals surface area contributed by atoms with Crippen molar-refractivity contribution in [1.29, 1.82) is 0 Å². The van der Waals surface area contributed by atoms with Gasteiger partial charge in [0, 0.05) is 10.9 Å². The van der Waals surface area contributed by atoms with Gasteiger partial charge in [-0.2, -0.15) is 0 Å². The smallest absolute Gasteiger partial charge is 0.341 e. The lowest BCUT2D eigenvalue weighted by molar-refractivity contribution is 0.0529. The van der Waals surface area contributed by atoms with Crippen LogP contribution in [0.4, 0.5) is 5.00 Å². The number of benzene rings is 1. The molecule has 0 radical (unpaired) electrons. The molecule has 2 aromatic heterocycles. The van der Waals surface area contributed by atoms with E-state index in [0.29, 0.717) is 21.3 Å². The molecule has 0 aliphatic heterocycles. The zero-order valence-corrected chi connectivity index (χ0v) is 18.4. The molecule has 0 aliphatic rings. The Bertz CT molecular complexity index is 1050. The summed E-state index contributed by atoms with van der Waals surface area (Å²) in [4.78, 5) is 33.6. The second-order valence-electron chi connectivity index (χ2n) is 5.95. The number of aryl methyl sites for hydroxylation is 1. The number of halogens is 1. The van der Waals surface area contributed by atoms with Crippen LogP contribution < -0.4 is 5.32 Å². The predicted molar refractivity (Wildman–Crippen MR) is 117 cm³/mol. The molecule has 9 heteroatoms. The minimum absolute atomic E-state index is 0.0473. The summed E-state index contributed by atoms with van der Waals surface area (Å²) in [7, 11) is 0. The van der Waals surface area contributed by atoms with Crippen molar-refractivity contribution in [3.05, 3.63) is 57.7 Å². The first-order valence-electron chi connectivity index (χ1n) is 8.68. The SMILES string of the molecule is CCOC(=O)c1c(-c2ccc(C)cc2)csc1NC(=O)c1nc(SC)ncc1Cl. The fourth-order valence-corrected chi connectivity index (χ4v) is 4.04. The standard InChI is InChI=1S/C20H18ClN3O3S2/c1-4-27-19(26)15-13(12-7-5-11(2)6-8-12)10-29-18(15)24-17(25)16-14(21)9-22-20(23-16)28-3/h5-10H,4H2,1-3H3,(H,24,25). The Balaban J connectivity index is 2.00. The Labute approximate surface area is 181 Å². The number of nitrogens with zero attached hydrogens (tertiary/aromatic N) is 2. The van der Waals surface area contributed by atoms with Crippen molar-refractivity contribution >= 4 is 51.6 Å². The van der Waals surface area contributed by atoms with Gasteiger partial charge in [0.15, 0.2) is 10.9 Å². The van der Waals surface area contributed by atoms with Gasteiger partial charge in [-0.15, -0.1) is 11.3 Å². The van der Waals surface area contributed by atoms with Gasteiger partial charge in [0.1, 0.15) is 10.6 Å².